The van der Waals surface area contributed by atoms with Crippen molar-refractivity contribution in [3.8, 4) is 11.4 Å². The predicted molar refractivity (Wildman–Crippen MR) is 158 cm³/mol. The van der Waals surface area contributed by atoms with E-state index in [1.54, 1.807) is 28.0 Å². The summed E-state index contributed by atoms with van der Waals surface area (Å²) in [5.41, 5.74) is 5.44. The summed E-state index contributed by atoms with van der Waals surface area (Å²) < 4.78 is 2.50. The van der Waals surface area contributed by atoms with Crippen LogP contribution in [0.3, 0.4) is 0 Å². The number of amides is 1. The number of benzene rings is 2. The van der Waals surface area contributed by atoms with Gasteiger partial charge < -0.3 is 5.11 Å². The van der Waals surface area contributed by atoms with Crippen molar-refractivity contribution in [2.75, 3.05) is 5.75 Å². The predicted octanol–water partition coefficient (Wildman–Crippen LogP) is 5.77. The average molecular weight is 610 g/mol. The average Bonchev–Trinajstić information content (AvgIpc) is 3.29. The molecular weight excluding hydrogens is 584 g/mol. The molecule has 0 saturated carbocycles. The van der Waals surface area contributed by atoms with Crippen molar-refractivity contribution < 1.29 is 9.90 Å². The number of halogens is 1. The van der Waals surface area contributed by atoms with Crippen LogP contribution in [0.25, 0.3) is 15.9 Å². The number of nitrogens with one attached hydrogen (secondary N) is 1. The van der Waals surface area contributed by atoms with E-state index in [4.69, 9.17) is 4.98 Å². The lowest BCUT2D eigenvalue weighted by Crippen LogP contribution is -2.24. The molecule has 0 atom stereocenters. The van der Waals surface area contributed by atoms with E-state index in [9.17, 15) is 14.7 Å². The van der Waals surface area contributed by atoms with Gasteiger partial charge in [-0.25, -0.2) is 10.4 Å². The second-order valence-electron chi connectivity index (χ2n) is 8.83. The molecule has 0 bridgehead atoms. The van der Waals surface area contributed by atoms with E-state index < -0.39 is 0 Å². The van der Waals surface area contributed by atoms with Gasteiger partial charge in [0.15, 0.2) is 5.16 Å². The zero-order valence-electron chi connectivity index (χ0n) is 20.4. The van der Waals surface area contributed by atoms with E-state index in [0.29, 0.717) is 28.2 Å². The number of rotatable bonds is 8. The number of allylic oxidation sites excluding steroid dienone is 1. The number of hydrogen-bond donors (Lipinski definition) is 2. The van der Waals surface area contributed by atoms with Crippen LogP contribution in [-0.4, -0.2) is 32.5 Å². The number of aryl methyl sites for hydroxylation is 2. The van der Waals surface area contributed by atoms with Crippen molar-refractivity contribution in [2.24, 2.45) is 5.10 Å². The van der Waals surface area contributed by atoms with Gasteiger partial charge in [0.2, 0.25) is 0 Å². The van der Waals surface area contributed by atoms with Crippen molar-refractivity contribution in [1.29, 1.82) is 0 Å². The van der Waals surface area contributed by atoms with Gasteiger partial charge in [0.1, 0.15) is 10.6 Å². The lowest BCUT2D eigenvalue weighted by atomic mass is 9.97. The second kappa shape index (κ2) is 11.7. The van der Waals surface area contributed by atoms with E-state index in [0.717, 1.165) is 46.1 Å². The highest BCUT2D eigenvalue weighted by atomic mass is 79.9. The van der Waals surface area contributed by atoms with Crippen LogP contribution >= 0.6 is 39.0 Å². The normalized spacial score (nSPS) is 13.1. The molecule has 2 N–H and O–H groups in total. The van der Waals surface area contributed by atoms with Gasteiger partial charge in [-0.15, -0.1) is 17.9 Å². The highest BCUT2D eigenvalue weighted by Gasteiger charge is 2.23. The maximum Gasteiger partial charge on any atom is 0.267 e. The van der Waals surface area contributed by atoms with Gasteiger partial charge in [-0.05, 0) is 73.6 Å². The van der Waals surface area contributed by atoms with Crippen LogP contribution < -0.4 is 11.0 Å². The number of fused-ring (bicyclic) bond motifs is 3. The number of hydrazone groups is 1. The molecule has 0 unspecified atom stereocenters. The number of para-hydroxylation sites is 1. The molecule has 0 aliphatic heterocycles. The number of nitrogens with zero attached hydrogens (tertiary/aromatic N) is 3. The molecule has 10 heteroatoms. The summed E-state index contributed by atoms with van der Waals surface area (Å²) >= 11 is 6.23. The summed E-state index contributed by atoms with van der Waals surface area (Å²) in [6, 6.07) is 12.8. The Morgan fingerprint density at radius 1 is 1.24 bits per heavy atom. The lowest BCUT2D eigenvalue weighted by Gasteiger charge is -2.13. The summed E-state index contributed by atoms with van der Waals surface area (Å²) in [6.07, 6.45) is 7.71. The lowest BCUT2D eigenvalue weighted by molar-refractivity contribution is -0.118. The number of hydrogen-bond acceptors (Lipinski definition) is 7. The molecule has 4 aromatic rings. The maximum atomic E-state index is 13.8. The van der Waals surface area contributed by atoms with Gasteiger partial charge >= 0.3 is 0 Å². The van der Waals surface area contributed by atoms with Crippen molar-refractivity contribution >= 4 is 61.4 Å². The van der Waals surface area contributed by atoms with Crippen molar-refractivity contribution in [3.63, 3.8) is 0 Å². The minimum atomic E-state index is -0.352. The number of carbonyl (C=O) groups excluding carboxylic acids is 1. The largest absolute Gasteiger partial charge is 0.507 e. The van der Waals surface area contributed by atoms with Crippen LogP contribution in [0.1, 0.15) is 34.4 Å². The Morgan fingerprint density at radius 2 is 2.03 bits per heavy atom. The number of aromatic nitrogens is 2. The van der Waals surface area contributed by atoms with E-state index in [2.05, 4.69) is 33.0 Å². The molecule has 0 radical (unpaired) electrons. The van der Waals surface area contributed by atoms with E-state index in [-0.39, 0.29) is 23.0 Å². The van der Waals surface area contributed by atoms with Crippen LogP contribution in [0, 0.1) is 0 Å². The molecule has 0 fully saturated rings. The zero-order chi connectivity index (χ0) is 26.6. The first-order valence-electron chi connectivity index (χ1n) is 12.2. The Bertz CT molecular complexity index is 1610. The van der Waals surface area contributed by atoms with E-state index in [1.165, 1.54) is 22.9 Å². The van der Waals surface area contributed by atoms with E-state index in [1.807, 2.05) is 36.4 Å². The topological polar surface area (TPSA) is 96.6 Å². The molecular formula is C28H25BrN4O3S2. The third kappa shape index (κ3) is 5.48. The Hall–Kier alpha value is -3.21. The molecule has 1 amide bonds. The number of phenols is 1. The van der Waals surface area contributed by atoms with Gasteiger partial charge in [-0.3, -0.25) is 14.2 Å². The molecule has 5 rings (SSSR count). The second-order valence-corrected chi connectivity index (χ2v) is 11.8. The smallest absolute Gasteiger partial charge is 0.267 e. The third-order valence-corrected chi connectivity index (χ3v) is 8.94. The minimum absolute atomic E-state index is 0.0133. The van der Waals surface area contributed by atoms with Crippen LogP contribution in [0.15, 0.2) is 74.6 Å². The summed E-state index contributed by atoms with van der Waals surface area (Å²) in [6.45, 7) is 3.69. The van der Waals surface area contributed by atoms with Crippen LogP contribution in [0.2, 0.25) is 0 Å². The molecule has 1 aliphatic rings. The monoisotopic (exact) mass is 608 g/mol. The summed E-state index contributed by atoms with van der Waals surface area (Å²) in [4.78, 5) is 33.2. The van der Waals surface area contributed by atoms with Crippen molar-refractivity contribution in [1.82, 2.24) is 15.0 Å². The Morgan fingerprint density at radius 3 is 2.82 bits per heavy atom. The molecule has 38 heavy (non-hydrogen) atoms. The third-order valence-electron chi connectivity index (χ3n) is 6.28. The van der Waals surface area contributed by atoms with E-state index >= 15 is 0 Å². The van der Waals surface area contributed by atoms with Gasteiger partial charge in [0.25, 0.3) is 11.5 Å². The maximum absolute atomic E-state index is 13.8. The molecule has 194 valence electrons. The minimum Gasteiger partial charge on any atom is -0.507 e. The molecule has 0 saturated heterocycles. The molecule has 2 aromatic heterocycles. The number of thiophene rings is 1. The molecule has 0 spiro atoms. The fourth-order valence-electron chi connectivity index (χ4n) is 4.47. The summed E-state index contributed by atoms with van der Waals surface area (Å²) in [7, 11) is 0. The van der Waals surface area contributed by atoms with Gasteiger partial charge in [0.05, 0.1) is 23.0 Å². The summed E-state index contributed by atoms with van der Waals surface area (Å²) in [5.74, 6) is -0.232. The zero-order valence-corrected chi connectivity index (χ0v) is 23.7. The molecule has 1 aliphatic carbocycles. The van der Waals surface area contributed by atoms with Crippen LogP contribution in [-0.2, 0) is 24.1 Å². The first kappa shape index (κ1) is 26.4. The van der Waals surface area contributed by atoms with Crippen LogP contribution in [0.5, 0.6) is 5.75 Å². The quantitative estimate of drug-likeness (QED) is 0.0871. The highest BCUT2D eigenvalue weighted by Crippen LogP contribution is 2.35. The van der Waals surface area contributed by atoms with Gasteiger partial charge in [-0.2, -0.15) is 5.10 Å². The van der Waals surface area contributed by atoms with Crippen molar-refractivity contribution in [2.45, 2.75) is 37.3 Å². The fourth-order valence-corrected chi connectivity index (χ4v) is 6.84. The number of thioether (sulfide) groups is 1. The van der Waals surface area contributed by atoms with Crippen molar-refractivity contribution in [3.05, 3.63) is 91.5 Å². The molecule has 2 heterocycles. The summed E-state index contributed by atoms with van der Waals surface area (Å²) in [5, 5.41) is 15.5. The standard InChI is InChI=1S/C28H25BrN4O3S2/c1-2-6-17-7-5-8-18(25(17)35)15-30-32-23(34)16-37-28-31-26-24(21-9-3-4-10-22(21)38-26)27(36)33(28)20-13-11-19(29)12-14-20/h2,5,7-8,11-15,35H,1,3-4,6,9-10,16H2,(H,32,34). The Labute approximate surface area is 236 Å². The Kier molecular flexibility index (Phi) is 8.11. The molecule has 2 aromatic carbocycles. The fraction of sp³-hybridized carbons (Fsp3) is 0.214. The first-order chi connectivity index (χ1) is 18.5. The number of aromatic hydroxyl groups is 1. The number of phenolic OH excluding ortho intramolecular Hbond substituents is 1. The number of carbonyl (C=O) groups is 1. The van der Waals surface area contributed by atoms with Crippen LogP contribution in [0.4, 0.5) is 0 Å². The molecule has 7 nitrogen and oxygen atoms in total. The van der Waals surface area contributed by atoms with Gasteiger partial charge in [0, 0.05) is 14.9 Å². The first-order valence-corrected chi connectivity index (χ1v) is 14.8. The highest BCUT2D eigenvalue weighted by molar-refractivity contribution is 9.10. The van der Waals surface area contributed by atoms with Gasteiger partial charge in [-0.1, -0.05) is 45.9 Å². The SMILES string of the molecule is C=CCc1cccc(C=NNC(=O)CSc2nc3sc4c(c3c(=O)n2-c2ccc(Br)cc2)CCCC4)c1O. The Balaban J connectivity index is 1.39.